The minimum Gasteiger partial charge on any atom is -0.454 e. The van der Waals surface area contributed by atoms with E-state index in [1.807, 2.05) is 12.1 Å². The van der Waals surface area contributed by atoms with Crippen molar-refractivity contribution < 1.29 is 4.42 Å². The summed E-state index contributed by atoms with van der Waals surface area (Å²) < 4.78 is 9.30. The minimum atomic E-state index is 0.609. The Labute approximate surface area is 321 Å². The van der Waals surface area contributed by atoms with Gasteiger partial charge in [-0.25, -0.2) is 15.0 Å². The van der Waals surface area contributed by atoms with Gasteiger partial charge in [-0.2, -0.15) is 0 Å². The number of para-hydroxylation sites is 2. The first-order valence-electron chi connectivity index (χ1n) is 19.2. The van der Waals surface area contributed by atoms with E-state index < -0.39 is 0 Å². The number of benzene rings is 8. The first-order valence-corrected chi connectivity index (χ1v) is 19.2. The highest BCUT2D eigenvalue weighted by Gasteiger charge is 2.22. The molecule has 0 amide bonds. The van der Waals surface area contributed by atoms with Gasteiger partial charge < -0.3 is 8.98 Å². The van der Waals surface area contributed by atoms with Gasteiger partial charge in [0.1, 0.15) is 5.58 Å². The molecule has 0 fully saturated rings. The van der Waals surface area contributed by atoms with E-state index in [-0.39, 0.29) is 0 Å². The molecule has 1 aliphatic carbocycles. The van der Waals surface area contributed by atoms with E-state index in [2.05, 4.69) is 162 Å². The van der Waals surface area contributed by atoms with Crippen LogP contribution in [0.15, 0.2) is 168 Å². The van der Waals surface area contributed by atoms with Gasteiger partial charge in [0, 0.05) is 43.6 Å². The first kappa shape index (κ1) is 31.0. The molecule has 0 saturated heterocycles. The Balaban J connectivity index is 1.11. The standard InChI is InChI=1S/C51H32N4O/c1-3-14-34-29-36(25-23-31(34)11-1)49-52-50(37-26-24-32-12-2-4-15-35(32)30-37)54-51(53-49)42-19-10-22-45-46(42)41-18-9-21-44(48(41)56-45)55-43-20-8-7-17-39(43)40-28-27-33-13-5-6-16-38(33)47(40)55/h1-3,5-14,16-30H,4,15H2. The van der Waals surface area contributed by atoms with Gasteiger partial charge in [0.05, 0.1) is 16.7 Å². The van der Waals surface area contributed by atoms with Gasteiger partial charge in [0.2, 0.25) is 0 Å². The lowest BCUT2D eigenvalue weighted by Gasteiger charge is -2.13. The molecular formula is C51H32N4O. The third kappa shape index (κ3) is 4.71. The van der Waals surface area contributed by atoms with Crippen LogP contribution in [0.4, 0.5) is 0 Å². The number of furan rings is 1. The van der Waals surface area contributed by atoms with Crippen LogP contribution in [0.2, 0.25) is 0 Å². The summed E-state index contributed by atoms with van der Waals surface area (Å²) in [6, 6.07) is 55.8. The van der Waals surface area contributed by atoms with Crippen LogP contribution in [0.1, 0.15) is 17.5 Å². The summed E-state index contributed by atoms with van der Waals surface area (Å²) in [4.78, 5) is 15.6. The van der Waals surface area contributed by atoms with Crippen LogP contribution in [-0.4, -0.2) is 19.5 Å². The molecule has 0 aliphatic heterocycles. The van der Waals surface area contributed by atoms with Crippen LogP contribution in [0.25, 0.3) is 111 Å². The fraction of sp³-hybridized carbons (Fsp3) is 0.0392. The molecule has 3 heterocycles. The molecule has 1 aliphatic rings. The molecule has 0 unspecified atom stereocenters. The summed E-state index contributed by atoms with van der Waals surface area (Å²) in [5, 5.41) is 9.13. The highest BCUT2D eigenvalue weighted by Crippen LogP contribution is 2.42. The second-order valence-corrected chi connectivity index (χ2v) is 14.7. The number of hydrogen-bond acceptors (Lipinski definition) is 4. The SMILES string of the molecule is C1=Cc2ccc(-c3nc(-c4ccc5ccccc5c4)nc(-c4cccc5oc6c(-n7c8ccccc8c8ccc9ccccc9c87)cccc6c45)n3)cc2CC1. The van der Waals surface area contributed by atoms with E-state index in [0.717, 1.165) is 68.1 Å². The summed E-state index contributed by atoms with van der Waals surface area (Å²) in [6.45, 7) is 0. The highest BCUT2D eigenvalue weighted by molar-refractivity contribution is 6.20. The Morgan fingerprint density at radius 3 is 2.14 bits per heavy atom. The normalized spacial score (nSPS) is 12.8. The average molecular weight is 717 g/mol. The molecule has 12 rings (SSSR count). The molecule has 0 bridgehead atoms. The lowest BCUT2D eigenvalue weighted by atomic mass is 9.95. The summed E-state index contributed by atoms with van der Waals surface area (Å²) in [7, 11) is 0. The molecule has 11 aromatic rings. The Hall–Kier alpha value is -7.37. The third-order valence-electron chi connectivity index (χ3n) is 11.5. The van der Waals surface area contributed by atoms with Crippen molar-refractivity contribution in [1.82, 2.24) is 19.5 Å². The topological polar surface area (TPSA) is 56.7 Å². The number of aryl methyl sites for hydroxylation is 1. The molecular weight excluding hydrogens is 685 g/mol. The van der Waals surface area contributed by atoms with E-state index in [1.165, 1.54) is 43.6 Å². The summed E-state index contributed by atoms with van der Waals surface area (Å²) in [5.41, 5.74) is 10.3. The van der Waals surface area contributed by atoms with Crippen molar-refractivity contribution >= 4 is 71.4 Å². The van der Waals surface area contributed by atoms with E-state index in [4.69, 9.17) is 19.4 Å². The van der Waals surface area contributed by atoms with Crippen molar-refractivity contribution in [3.63, 3.8) is 0 Å². The maximum absolute atomic E-state index is 6.92. The van der Waals surface area contributed by atoms with Crippen LogP contribution < -0.4 is 0 Å². The van der Waals surface area contributed by atoms with E-state index >= 15 is 0 Å². The Morgan fingerprint density at radius 2 is 1.23 bits per heavy atom. The number of hydrogen-bond donors (Lipinski definition) is 0. The number of aromatic nitrogens is 4. The number of allylic oxidation sites excluding steroid dienone is 1. The molecule has 0 spiro atoms. The van der Waals surface area contributed by atoms with Gasteiger partial charge in [-0.05, 0) is 70.5 Å². The largest absolute Gasteiger partial charge is 0.454 e. The van der Waals surface area contributed by atoms with Crippen LogP contribution in [0.3, 0.4) is 0 Å². The summed E-state index contributed by atoms with van der Waals surface area (Å²) in [5.74, 6) is 1.89. The maximum atomic E-state index is 6.92. The zero-order valence-electron chi connectivity index (χ0n) is 30.3. The summed E-state index contributed by atoms with van der Waals surface area (Å²) >= 11 is 0. The Kier molecular flexibility index (Phi) is 6.69. The lowest BCUT2D eigenvalue weighted by Crippen LogP contribution is -2.02. The monoisotopic (exact) mass is 716 g/mol. The minimum absolute atomic E-state index is 0.609. The van der Waals surface area contributed by atoms with Crippen LogP contribution in [0, 0.1) is 0 Å². The van der Waals surface area contributed by atoms with Gasteiger partial charge >= 0.3 is 0 Å². The van der Waals surface area contributed by atoms with Crippen LogP contribution in [0.5, 0.6) is 0 Å². The number of nitrogens with zero attached hydrogens (tertiary/aromatic N) is 4. The third-order valence-corrected chi connectivity index (χ3v) is 11.5. The van der Waals surface area contributed by atoms with Crippen molar-refractivity contribution in [2.75, 3.05) is 0 Å². The zero-order chi connectivity index (χ0) is 36.7. The molecule has 0 N–H and O–H groups in total. The molecule has 0 radical (unpaired) electrons. The summed E-state index contributed by atoms with van der Waals surface area (Å²) in [6.07, 6.45) is 6.48. The molecule has 5 nitrogen and oxygen atoms in total. The van der Waals surface area contributed by atoms with Gasteiger partial charge in [0.25, 0.3) is 0 Å². The smallest absolute Gasteiger partial charge is 0.164 e. The van der Waals surface area contributed by atoms with Crippen molar-refractivity contribution in [2.45, 2.75) is 12.8 Å². The fourth-order valence-corrected chi connectivity index (χ4v) is 8.83. The second kappa shape index (κ2) is 12.1. The number of fused-ring (bicyclic) bond motifs is 10. The van der Waals surface area contributed by atoms with Crippen molar-refractivity contribution in [2.24, 2.45) is 0 Å². The van der Waals surface area contributed by atoms with Crippen LogP contribution in [-0.2, 0) is 6.42 Å². The highest BCUT2D eigenvalue weighted by atomic mass is 16.3. The quantitative estimate of drug-likeness (QED) is 0.182. The van der Waals surface area contributed by atoms with Crippen LogP contribution >= 0.6 is 0 Å². The first-order chi connectivity index (χ1) is 27.7. The van der Waals surface area contributed by atoms with Gasteiger partial charge in [0.15, 0.2) is 23.1 Å². The van der Waals surface area contributed by atoms with Gasteiger partial charge in [-0.1, -0.05) is 140 Å². The van der Waals surface area contributed by atoms with Gasteiger partial charge in [-0.15, -0.1) is 0 Å². The maximum Gasteiger partial charge on any atom is 0.164 e. The van der Waals surface area contributed by atoms with E-state index in [1.54, 1.807) is 0 Å². The molecule has 5 heteroatoms. The fourth-order valence-electron chi connectivity index (χ4n) is 8.83. The number of rotatable bonds is 4. The molecule has 8 aromatic carbocycles. The predicted molar refractivity (Wildman–Crippen MR) is 230 cm³/mol. The van der Waals surface area contributed by atoms with Crippen molar-refractivity contribution in [3.8, 4) is 39.9 Å². The molecule has 56 heavy (non-hydrogen) atoms. The zero-order valence-corrected chi connectivity index (χ0v) is 30.3. The predicted octanol–water partition coefficient (Wildman–Crippen LogP) is 13.1. The van der Waals surface area contributed by atoms with E-state index in [0.29, 0.717) is 17.5 Å². The average Bonchev–Trinajstić information content (AvgIpc) is 3.82. The molecule has 3 aromatic heterocycles. The Bertz CT molecular complexity index is 3440. The van der Waals surface area contributed by atoms with E-state index in [9.17, 15) is 0 Å². The van der Waals surface area contributed by atoms with Crippen molar-refractivity contribution in [1.29, 1.82) is 0 Å². The van der Waals surface area contributed by atoms with Gasteiger partial charge in [-0.3, -0.25) is 0 Å². The molecule has 0 atom stereocenters. The Morgan fingerprint density at radius 1 is 0.518 bits per heavy atom. The lowest BCUT2D eigenvalue weighted by molar-refractivity contribution is 0.666. The molecule has 0 saturated carbocycles. The molecule has 262 valence electrons. The van der Waals surface area contributed by atoms with Crippen molar-refractivity contribution in [3.05, 3.63) is 175 Å². The second-order valence-electron chi connectivity index (χ2n) is 14.7.